The Morgan fingerprint density at radius 1 is 1.11 bits per heavy atom. The van der Waals surface area contributed by atoms with Crippen molar-refractivity contribution in [3.05, 3.63) is 29.6 Å². The normalized spacial score (nSPS) is 18.1. The zero-order valence-electron chi connectivity index (χ0n) is 12.6. The van der Waals surface area contributed by atoms with E-state index < -0.39 is 0 Å². The van der Waals surface area contributed by atoms with Gasteiger partial charge in [-0.1, -0.05) is 26.8 Å². The van der Waals surface area contributed by atoms with Crippen molar-refractivity contribution in [2.75, 3.05) is 32.7 Å². The Kier molecular flexibility index (Phi) is 5.34. The van der Waals surface area contributed by atoms with Crippen molar-refractivity contribution < 1.29 is 0 Å². The molecule has 1 fully saturated rings. The van der Waals surface area contributed by atoms with E-state index in [-0.39, 0.29) is 0 Å². The van der Waals surface area contributed by atoms with E-state index in [0.717, 1.165) is 6.54 Å². The van der Waals surface area contributed by atoms with Gasteiger partial charge in [-0.2, -0.15) is 0 Å². The molecule has 0 unspecified atom stereocenters. The van der Waals surface area contributed by atoms with E-state index in [1.807, 2.05) is 6.20 Å². The molecular weight excluding hydrogens is 234 g/mol. The van der Waals surface area contributed by atoms with Crippen LogP contribution in [0.15, 0.2) is 18.3 Å². The Bertz CT molecular complexity index is 364. The van der Waals surface area contributed by atoms with Gasteiger partial charge < -0.3 is 4.90 Å². The highest BCUT2D eigenvalue weighted by molar-refractivity contribution is 5.17. The molecule has 0 saturated carbocycles. The maximum atomic E-state index is 4.59. The van der Waals surface area contributed by atoms with Crippen LogP contribution in [0, 0.1) is 0 Å². The fourth-order valence-corrected chi connectivity index (χ4v) is 2.59. The number of pyridine rings is 1. The molecule has 1 aromatic rings. The topological polar surface area (TPSA) is 19.4 Å². The van der Waals surface area contributed by atoms with Crippen molar-refractivity contribution in [3.8, 4) is 0 Å². The number of hydrogen-bond donors (Lipinski definition) is 0. The summed E-state index contributed by atoms with van der Waals surface area (Å²) < 4.78 is 0. The van der Waals surface area contributed by atoms with Crippen molar-refractivity contribution in [1.29, 1.82) is 0 Å². The zero-order valence-corrected chi connectivity index (χ0v) is 12.6. The fraction of sp³-hybridized carbons (Fsp3) is 0.688. The highest BCUT2D eigenvalue weighted by Gasteiger charge is 2.16. The number of aromatic nitrogens is 1. The second-order valence-corrected chi connectivity index (χ2v) is 5.86. The first-order chi connectivity index (χ1) is 9.19. The smallest absolute Gasteiger partial charge is 0.0544 e. The molecule has 0 N–H and O–H groups in total. The Balaban J connectivity index is 1.82. The van der Waals surface area contributed by atoms with E-state index in [9.17, 15) is 0 Å². The van der Waals surface area contributed by atoms with E-state index in [2.05, 4.69) is 47.7 Å². The minimum atomic E-state index is 0.569. The quantitative estimate of drug-likeness (QED) is 0.812. The summed E-state index contributed by atoms with van der Waals surface area (Å²) in [6, 6.07) is 4.41. The maximum Gasteiger partial charge on any atom is 0.0544 e. The first kappa shape index (κ1) is 14.5. The minimum absolute atomic E-state index is 0.569. The van der Waals surface area contributed by atoms with Gasteiger partial charge in [-0.3, -0.25) is 9.88 Å². The molecule has 1 aliphatic heterocycles. The minimum Gasteiger partial charge on any atom is -0.301 e. The molecule has 0 bridgehead atoms. The van der Waals surface area contributed by atoms with Crippen LogP contribution in [-0.4, -0.2) is 47.5 Å². The van der Waals surface area contributed by atoms with E-state index in [0.29, 0.717) is 5.92 Å². The molecule has 0 aliphatic carbocycles. The predicted octanol–water partition coefficient (Wildman–Crippen LogP) is 2.73. The molecule has 0 amide bonds. The van der Waals surface area contributed by atoms with Gasteiger partial charge in [0.1, 0.15) is 0 Å². The second kappa shape index (κ2) is 7.01. The van der Waals surface area contributed by atoms with Gasteiger partial charge in [0.25, 0.3) is 0 Å². The van der Waals surface area contributed by atoms with Crippen molar-refractivity contribution in [1.82, 2.24) is 14.8 Å². The van der Waals surface area contributed by atoms with Crippen LogP contribution in [0.4, 0.5) is 0 Å². The molecule has 0 atom stereocenters. The first-order valence-electron chi connectivity index (χ1n) is 7.58. The third-order valence-corrected chi connectivity index (χ3v) is 3.90. The molecule has 3 heteroatoms. The lowest BCUT2D eigenvalue weighted by molar-refractivity contribution is 0.126. The fourth-order valence-electron chi connectivity index (χ4n) is 2.59. The lowest BCUT2D eigenvalue weighted by atomic mass is 10.1. The monoisotopic (exact) mass is 261 g/mol. The Morgan fingerprint density at radius 2 is 1.79 bits per heavy atom. The lowest BCUT2D eigenvalue weighted by Gasteiger charge is -2.34. The van der Waals surface area contributed by atoms with Gasteiger partial charge in [0.2, 0.25) is 0 Å². The highest BCUT2D eigenvalue weighted by atomic mass is 15.3. The molecule has 0 spiro atoms. The molecule has 19 heavy (non-hydrogen) atoms. The summed E-state index contributed by atoms with van der Waals surface area (Å²) in [6.07, 6.45) is 3.30. The van der Waals surface area contributed by atoms with Crippen LogP contribution in [0.2, 0.25) is 0 Å². The summed E-state index contributed by atoms with van der Waals surface area (Å²) in [5, 5.41) is 0. The van der Waals surface area contributed by atoms with E-state index >= 15 is 0 Å². The number of rotatable bonds is 5. The van der Waals surface area contributed by atoms with Crippen LogP contribution in [-0.2, 0) is 6.54 Å². The van der Waals surface area contributed by atoms with Crippen LogP contribution in [0.3, 0.4) is 0 Å². The van der Waals surface area contributed by atoms with Gasteiger partial charge in [-0.15, -0.1) is 0 Å². The SMILES string of the molecule is CCCN1CCN(Cc2ccc(C(C)C)cn2)CC1. The van der Waals surface area contributed by atoms with Gasteiger partial charge >= 0.3 is 0 Å². The molecule has 3 nitrogen and oxygen atoms in total. The molecule has 106 valence electrons. The summed E-state index contributed by atoms with van der Waals surface area (Å²) in [5.74, 6) is 0.569. The summed E-state index contributed by atoms with van der Waals surface area (Å²) in [6.45, 7) is 13.7. The van der Waals surface area contributed by atoms with Gasteiger partial charge in [0, 0.05) is 38.9 Å². The zero-order chi connectivity index (χ0) is 13.7. The molecule has 1 aromatic heterocycles. The van der Waals surface area contributed by atoms with Crippen molar-refractivity contribution in [2.24, 2.45) is 0 Å². The summed E-state index contributed by atoms with van der Waals surface area (Å²) in [7, 11) is 0. The Hall–Kier alpha value is -0.930. The second-order valence-electron chi connectivity index (χ2n) is 5.86. The summed E-state index contributed by atoms with van der Waals surface area (Å²) in [5.41, 5.74) is 2.53. The molecule has 0 radical (unpaired) electrons. The number of nitrogens with zero attached hydrogens (tertiary/aromatic N) is 3. The van der Waals surface area contributed by atoms with E-state index in [4.69, 9.17) is 0 Å². The molecule has 1 aliphatic rings. The molecule has 2 rings (SSSR count). The standard InChI is InChI=1S/C16H27N3/c1-4-7-18-8-10-19(11-9-18)13-16-6-5-15(12-17-16)14(2)3/h5-6,12,14H,4,7-11,13H2,1-3H3. The summed E-state index contributed by atoms with van der Waals surface area (Å²) >= 11 is 0. The average molecular weight is 261 g/mol. The Labute approximate surface area is 117 Å². The largest absolute Gasteiger partial charge is 0.301 e. The van der Waals surface area contributed by atoms with Gasteiger partial charge in [-0.25, -0.2) is 0 Å². The van der Waals surface area contributed by atoms with Crippen molar-refractivity contribution in [2.45, 2.75) is 39.7 Å². The highest BCUT2D eigenvalue weighted by Crippen LogP contribution is 2.14. The number of hydrogen-bond acceptors (Lipinski definition) is 3. The molecule has 2 heterocycles. The molecule has 1 saturated heterocycles. The third-order valence-electron chi connectivity index (χ3n) is 3.90. The van der Waals surface area contributed by atoms with Crippen LogP contribution in [0.1, 0.15) is 44.4 Å². The van der Waals surface area contributed by atoms with Gasteiger partial charge in [0.15, 0.2) is 0 Å². The van der Waals surface area contributed by atoms with Crippen LogP contribution < -0.4 is 0 Å². The predicted molar refractivity (Wildman–Crippen MR) is 80.3 cm³/mol. The third kappa shape index (κ3) is 4.29. The van der Waals surface area contributed by atoms with Crippen molar-refractivity contribution in [3.63, 3.8) is 0 Å². The maximum absolute atomic E-state index is 4.59. The lowest BCUT2D eigenvalue weighted by Crippen LogP contribution is -2.46. The van der Waals surface area contributed by atoms with Crippen LogP contribution in [0.25, 0.3) is 0 Å². The summed E-state index contributed by atoms with van der Waals surface area (Å²) in [4.78, 5) is 9.67. The van der Waals surface area contributed by atoms with Crippen LogP contribution >= 0.6 is 0 Å². The number of piperazine rings is 1. The Morgan fingerprint density at radius 3 is 2.32 bits per heavy atom. The first-order valence-corrected chi connectivity index (χ1v) is 7.58. The van der Waals surface area contributed by atoms with Crippen LogP contribution in [0.5, 0.6) is 0 Å². The average Bonchev–Trinajstić information content (AvgIpc) is 2.42. The molecular formula is C16H27N3. The van der Waals surface area contributed by atoms with E-state index in [1.165, 1.54) is 50.4 Å². The van der Waals surface area contributed by atoms with Crippen molar-refractivity contribution >= 4 is 0 Å². The van der Waals surface area contributed by atoms with Gasteiger partial charge in [0.05, 0.1) is 5.69 Å². The van der Waals surface area contributed by atoms with E-state index in [1.54, 1.807) is 0 Å². The van der Waals surface area contributed by atoms with Gasteiger partial charge in [-0.05, 0) is 30.5 Å². The molecule has 0 aromatic carbocycles.